The van der Waals surface area contributed by atoms with Gasteiger partial charge in [-0.2, -0.15) is 5.26 Å². The van der Waals surface area contributed by atoms with E-state index >= 15 is 0 Å². The summed E-state index contributed by atoms with van der Waals surface area (Å²) >= 11 is 0. The number of ether oxygens (including phenoxy) is 3. The number of carbonyl (C=O) groups excluding carboxylic acids is 2. The van der Waals surface area contributed by atoms with E-state index in [0.717, 1.165) is 0 Å². The lowest BCUT2D eigenvalue weighted by Gasteiger charge is -2.18. The van der Waals surface area contributed by atoms with Gasteiger partial charge >= 0.3 is 11.9 Å². The molecule has 0 aliphatic rings. The third-order valence-electron chi connectivity index (χ3n) is 3.98. The third kappa shape index (κ3) is 4.66. The van der Waals surface area contributed by atoms with E-state index in [1.54, 1.807) is 52.0 Å². The maximum absolute atomic E-state index is 12.8. The van der Waals surface area contributed by atoms with Crippen molar-refractivity contribution in [3.8, 4) is 22.9 Å². The molecule has 7 heteroatoms. The molecule has 0 atom stereocenters. The van der Waals surface area contributed by atoms with Crippen LogP contribution < -0.4 is 10.5 Å². The van der Waals surface area contributed by atoms with Crippen LogP contribution in [0, 0.1) is 11.3 Å². The topological polar surface area (TPSA) is 112 Å². The summed E-state index contributed by atoms with van der Waals surface area (Å²) < 4.78 is 15.9. The van der Waals surface area contributed by atoms with Crippen molar-refractivity contribution in [2.45, 2.75) is 39.9 Å². The summed E-state index contributed by atoms with van der Waals surface area (Å²) in [6.45, 7) is 6.74. The molecule has 29 heavy (non-hydrogen) atoms. The van der Waals surface area contributed by atoms with Gasteiger partial charge in [0.2, 0.25) is 0 Å². The summed E-state index contributed by atoms with van der Waals surface area (Å²) in [4.78, 5) is 25.4. The molecule has 0 unspecified atom stereocenters. The number of benzene rings is 2. The van der Waals surface area contributed by atoms with Gasteiger partial charge in [0, 0.05) is 11.1 Å². The van der Waals surface area contributed by atoms with E-state index in [0.29, 0.717) is 16.9 Å². The third-order valence-corrected chi connectivity index (χ3v) is 3.98. The minimum Gasteiger partial charge on any atom is -0.496 e. The molecule has 2 N–H and O–H groups in total. The van der Waals surface area contributed by atoms with Crippen LogP contribution in [0.15, 0.2) is 30.3 Å². The smallest absolute Gasteiger partial charge is 0.341 e. The van der Waals surface area contributed by atoms with Crippen LogP contribution in [0.1, 0.15) is 54.0 Å². The van der Waals surface area contributed by atoms with E-state index in [-0.39, 0.29) is 22.4 Å². The van der Waals surface area contributed by atoms with Crippen molar-refractivity contribution in [2.24, 2.45) is 0 Å². The fraction of sp³-hybridized carbons (Fsp3) is 0.318. The number of carbonyl (C=O) groups is 2. The molecular formula is C22H24N2O5. The second-order valence-electron chi connectivity index (χ2n) is 6.86. The molecule has 0 saturated heterocycles. The first-order valence-corrected chi connectivity index (χ1v) is 9.13. The molecule has 2 aromatic carbocycles. The van der Waals surface area contributed by atoms with E-state index in [1.807, 2.05) is 6.07 Å². The Labute approximate surface area is 170 Å². The summed E-state index contributed by atoms with van der Waals surface area (Å²) in [5.74, 6) is -1.04. The average Bonchev–Trinajstić information content (AvgIpc) is 2.65. The lowest BCUT2D eigenvalue weighted by atomic mass is 9.91. The molecule has 0 spiro atoms. The number of hydrogen-bond donors (Lipinski definition) is 1. The van der Waals surface area contributed by atoms with Crippen molar-refractivity contribution in [1.82, 2.24) is 0 Å². The number of nitriles is 1. The Morgan fingerprint density at radius 1 is 1.00 bits per heavy atom. The van der Waals surface area contributed by atoms with Crippen LogP contribution in [-0.2, 0) is 9.47 Å². The number of rotatable bonds is 6. The highest BCUT2D eigenvalue weighted by Gasteiger charge is 2.29. The summed E-state index contributed by atoms with van der Waals surface area (Å²) in [6, 6.07) is 10.5. The Bertz CT molecular complexity index is 974. The van der Waals surface area contributed by atoms with Crippen molar-refractivity contribution in [3.05, 3.63) is 47.0 Å². The molecule has 0 fully saturated rings. The molecule has 152 valence electrons. The van der Waals surface area contributed by atoms with Gasteiger partial charge in [0.15, 0.2) is 0 Å². The first kappa shape index (κ1) is 21.8. The molecule has 0 radical (unpaired) electrons. The predicted molar refractivity (Wildman–Crippen MR) is 109 cm³/mol. The van der Waals surface area contributed by atoms with Gasteiger partial charge in [-0.25, -0.2) is 9.59 Å². The number of para-hydroxylation sites is 1. The largest absolute Gasteiger partial charge is 0.496 e. The van der Waals surface area contributed by atoms with Crippen molar-refractivity contribution < 1.29 is 23.8 Å². The number of hydrogen-bond acceptors (Lipinski definition) is 7. The Hall–Kier alpha value is -3.53. The molecule has 2 aromatic rings. The zero-order valence-electron chi connectivity index (χ0n) is 17.1. The normalized spacial score (nSPS) is 10.6. The highest BCUT2D eigenvalue weighted by molar-refractivity contribution is 6.09. The second kappa shape index (κ2) is 9.11. The molecular weight excluding hydrogens is 372 g/mol. The van der Waals surface area contributed by atoms with Gasteiger partial charge < -0.3 is 19.9 Å². The van der Waals surface area contributed by atoms with E-state index in [9.17, 15) is 14.9 Å². The van der Waals surface area contributed by atoms with Crippen LogP contribution in [0.3, 0.4) is 0 Å². The Kier molecular flexibility index (Phi) is 6.84. The zero-order valence-corrected chi connectivity index (χ0v) is 17.1. The number of nitrogens with zero attached hydrogens (tertiary/aromatic N) is 1. The highest BCUT2D eigenvalue weighted by atomic mass is 16.5. The predicted octanol–water partition coefficient (Wildman–Crippen LogP) is 3.95. The van der Waals surface area contributed by atoms with E-state index in [2.05, 4.69) is 0 Å². The maximum Gasteiger partial charge on any atom is 0.341 e. The van der Waals surface area contributed by atoms with E-state index < -0.39 is 24.1 Å². The summed E-state index contributed by atoms with van der Waals surface area (Å²) in [5, 5.41) is 9.75. The van der Waals surface area contributed by atoms with E-state index in [4.69, 9.17) is 19.9 Å². The van der Waals surface area contributed by atoms with Crippen LogP contribution in [0.2, 0.25) is 0 Å². The Morgan fingerprint density at radius 2 is 1.59 bits per heavy atom. The maximum atomic E-state index is 12.8. The Morgan fingerprint density at radius 3 is 2.14 bits per heavy atom. The summed E-state index contributed by atoms with van der Waals surface area (Å²) in [7, 11) is 1.50. The molecule has 2 rings (SSSR count). The number of nitrogen functional groups attached to an aromatic ring is 1. The van der Waals surface area contributed by atoms with Crippen molar-refractivity contribution in [1.29, 1.82) is 5.26 Å². The lowest BCUT2D eigenvalue weighted by Crippen LogP contribution is -2.21. The van der Waals surface area contributed by atoms with Crippen LogP contribution in [0.5, 0.6) is 5.75 Å². The van der Waals surface area contributed by atoms with Crippen LogP contribution in [-0.4, -0.2) is 31.3 Å². The number of methoxy groups -OCH3 is 1. The molecule has 0 aromatic heterocycles. The van der Waals surface area contributed by atoms with Gasteiger partial charge in [-0.1, -0.05) is 18.2 Å². The number of anilines is 1. The molecule has 0 aliphatic heterocycles. The Balaban J connectivity index is 2.84. The standard InChI is InChI=1S/C22H24N2O5/c1-12(2)28-21(25)16-10-15(14-8-6-7-9-18(14)27-5)17(11-23)20(24)19(16)22(26)29-13(3)4/h6-10,12-13H,24H2,1-5H3. The fourth-order valence-corrected chi connectivity index (χ4v) is 2.84. The fourth-order valence-electron chi connectivity index (χ4n) is 2.84. The quantitative estimate of drug-likeness (QED) is 0.581. The SMILES string of the molecule is COc1ccccc1-c1cc(C(=O)OC(C)C)c(C(=O)OC(C)C)c(N)c1C#N. The van der Waals surface area contributed by atoms with Crippen molar-refractivity contribution in [3.63, 3.8) is 0 Å². The van der Waals surface area contributed by atoms with Gasteiger partial charge in [0.1, 0.15) is 11.8 Å². The second-order valence-corrected chi connectivity index (χ2v) is 6.86. The van der Waals surface area contributed by atoms with Gasteiger partial charge in [0.05, 0.1) is 41.7 Å². The molecule has 0 aliphatic carbocycles. The van der Waals surface area contributed by atoms with Gasteiger partial charge in [-0.05, 0) is 39.8 Å². The minimum absolute atomic E-state index is 0.0475. The lowest BCUT2D eigenvalue weighted by molar-refractivity contribution is 0.0329. The first-order valence-electron chi connectivity index (χ1n) is 9.13. The molecule has 0 heterocycles. The minimum atomic E-state index is -0.795. The van der Waals surface area contributed by atoms with Gasteiger partial charge in [-0.15, -0.1) is 0 Å². The van der Waals surface area contributed by atoms with Crippen LogP contribution in [0.4, 0.5) is 5.69 Å². The average molecular weight is 396 g/mol. The number of nitrogens with two attached hydrogens (primary N) is 1. The van der Waals surface area contributed by atoms with Crippen LogP contribution >= 0.6 is 0 Å². The molecule has 0 bridgehead atoms. The van der Waals surface area contributed by atoms with Crippen molar-refractivity contribution in [2.75, 3.05) is 12.8 Å². The first-order chi connectivity index (χ1) is 13.7. The molecule has 0 amide bonds. The van der Waals surface area contributed by atoms with Crippen LogP contribution in [0.25, 0.3) is 11.1 Å². The summed E-state index contributed by atoms with van der Waals surface area (Å²) in [5.41, 5.74) is 6.77. The van der Waals surface area contributed by atoms with E-state index in [1.165, 1.54) is 13.2 Å². The highest BCUT2D eigenvalue weighted by Crippen LogP contribution is 2.38. The van der Waals surface area contributed by atoms with Crippen molar-refractivity contribution >= 4 is 17.6 Å². The zero-order chi connectivity index (χ0) is 21.7. The van der Waals surface area contributed by atoms with Gasteiger partial charge in [0.25, 0.3) is 0 Å². The van der Waals surface area contributed by atoms with Gasteiger partial charge in [-0.3, -0.25) is 0 Å². The number of esters is 2. The monoisotopic (exact) mass is 396 g/mol. The molecule has 7 nitrogen and oxygen atoms in total. The summed E-state index contributed by atoms with van der Waals surface area (Å²) in [6.07, 6.45) is -0.849. The molecule has 0 saturated carbocycles.